The van der Waals surface area contributed by atoms with Gasteiger partial charge in [-0.1, -0.05) is 17.7 Å². The first-order chi connectivity index (χ1) is 8.65. The van der Waals surface area contributed by atoms with E-state index in [1.807, 2.05) is 6.07 Å². The maximum atomic E-state index is 6.16. The number of nitrogens with zero attached hydrogens (tertiary/aromatic N) is 1. The predicted molar refractivity (Wildman–Crippen MR) is 78.9 cm³/mol. The van der Waals surface area contributed by atoms with Crippen LogP contribution in [0.2, 0.25) is 5.02 Å². The standard InChI is InChI=1S/C14H18BrClN2/c1-9-12-6-17-5-11(12)8-18(9)7-10-2-3-13(15)14(16)4-10/h2-4,9,11-12,17H,5-8H2,1H3. The Balaban J connectivity index is 1.71. The van der Waals surface area contributed by atoms with Crippen molar-refractivity contribution in [1.82, 2.24) is 10.2 Å². The molecule has 0 saturated carbocycles. The third-order valence-electron chi connectivity index (χ3n) is 4.43. The average Bonchev–Trinajstić information content (AvgIpc) is 2.89. The van der Waals surface area contributed by atoms with Gasteiger partial charge < -0.3 is 5.32 Å². The van der Waals surface area contributed by atoms with Crippen LogP contribution in [0.4, 0.5) is 0 Å². The summed E-state index contributed by atoms with van der Waals surface area (Å²) in [5.74, 6) is 1.67. The minimum atomic E-state index is 0.674. The molecule has 1 aromatic rings. The van der Waals surface area contributed by atoms with Gasteiger partial charge in [-0.05, 0) is 65.5 Å². The zero-order valence-corrected chi connectivity index (χ0v) is 12.8. The number of nitrogens with one attached hydrogen (secondary N) is 1. The molecule has 2 saturated heterocycles. The Hall–Kier alpha value is -0.0900. The van der Waals surface area contributed by atoms with Gasteiger partial charge >= 0.3 is 0 Å². The van der Waals surface area contributed by atoms with Crippen LogP contribution in [-0.2, 0) is 6.54 Å². The Bertz CT molecular complexity index is 451. The summed E-state index contributed by atoms with van der Waals surface area (Å²) < 4.78 is 0.975. The fourth-order valence-corrected chi connectivity index (χ4v) is 3.79. The van der Waals surface area contributed by atoms with Gasteiger partial charge in [-0.2, -0.15) is 0 Å². The van der Waals surface area contributed by atoms with E-state index in [0.29, 0.717) is 6.04 Å². The summed E-state index contributed by atoms with van der Waals surface area (Å²) >= 11 is 9.60. The van der Waals surface area contributed by atoms with Crippen molar-refractivity contribution in [2.75, 3.05) is 19.6 Å². The number of rotatable bonds is 2. The average molecular weight is 330 g/mol. The third kappa shape index (κ3) is 2.34. The van der Waals surface area contributed by atoms with Gasteiger partial charge in [-0.15, -0.1) is 0 Å². The van der Waals surface area contributed by atoms with Crippen molar-refractivity contribution < 1.29 is 0 Å². The van der Waals surface area contributed by atoms with E-state index in [0.717, 1.165) is 27.9 Å². The van der Waals surface area contributed by atoms with E-state index in [2.05, 4.69) is 45.2 Å². The molecule has 2 nitrogen and oxygen atoms in total. The predicted octanol–water partition coefficient (Wildman–Crippen LogP) is 3.14. The monoisotopic (exact) mass is 328 g/mol. The van der Waals surface area contributed by atoms with E-state index < -0.39 is 0 Å². The van der Waals surface area contributed by atoms with Crippen LogP contribution in [0, 0.1) is 11.8 Å². The molecule has 3 unspecified atom stereocenters. The molecule has 2 aliphatic rings. The van der Waals surface area contributed by atoms with Gasteiger partial charge in [0.05, 0.1) is 5.02 Å². The van der Waals surface area contributed by atoms with Crippen LogP contribution in [0.3, 0.4) is 0 Å². The molecular weight excluding hydrogens is 312 g/mol. The second-order valence-corrected chi connectivity index (χ2v) is 6.76. The highest BCUT2D eigenvalue weighted by atomic mass is 79.9. The van der Waals surface area contributed by atoms with E-state index in [9.17, 15) is 0 Å². The summed E-state index contributed by atoms with van der Waals surface area (Å²) in [7, 11) is 0. The normalized spacial score (nSPS) is 31.8. The summed E-state index contributed by atoms with van der Waals surface area (Å²) in [5, 5.41) is 4.31. The van der Waals surface area contributed by atoms with Gasteiger partial charge in [0.15, 0.2) is 0 Å². The summed E-state index contributed by atoms with van der Waals surface area (Å²) in [6.45, 7) is 6.96. The zero-order valence-electron chi connectivity index (χ0n) is 10.5. The highest BCUT2D eigenvalue weighted by molar-refractivity contribution is 9.10. The zero-order chi connectivity index (χ0) is 12.7. The lowest BCUT2D eigenvalue weighted by molar-refractivity contribution is 0.231. The molecule has 1 aromatic carbocycles. The van der Waals surface area contributed by atoms with Gasteiger partial charge in [0.1, 0.15) is 0 Å². The summed E-state index contributed by atoms with van der Waals surface area (Å²) in [6, 6.07) is 6.95. The molecule has 98 valence electrons. The largest absolute Gasteiger partial charge is 0.316 e. The summed E-state index contributed by atoms with van der Waals surface area (Å²) in [4.78, 5) is 2.59. The maximum Gasteiger partial charge on any atom is 0.0551 e. The topological polar surface area (TPSA) is 15.3 Å². The molecule has 0 bridgehead atoms. The van der Waals surface area contributed by atoms with Crippen LogP contribution in [0.1, 0.15) is 12.5 Å². The Morgan fingerprint density at radius 2 is 2.28 bits per heavy atom. The van der Waals surface area contributed by atoms with Crippen LogP contribution >= 0.6 is 27.5 Å². The second kappa shape index (κ2) is 5.12. The van der Waals surface area contributed by atoms with Crippen molar-refractivity contribution in [3.63, 3.8) is 0 Å². The van der Waals surface area contributed by atoms with Crippen molar-refractivity contribution in [1.29, 1.82) is 0 Å². The molecule has 0 aromatic heterocycles. The fourth-order valence-electron chi connectivity index (χ4n) is 3.34. The number of halogens is 2. The van der Waals surface area contributed by atoms with Crippen LogP contribution in [-0.4, -0.2) is 30.6 Å². The summed E-state index contributed by atoms with van der Waals surface area (Å²) in [5.41, 5.74) is 1.31. The number of hydrogen-bond donors (Lipinski definition) is 1. The van der Waals surface area contributed by atoms with Crippen molar-refractivity contribution in [3.8, 4) is 0 Å². The van der Waals surface area contributed by atoms with Gasteiger partial charge in [-0.25, -0.2) is 0 Å². The number of fused-ring (bicyclic) bond motifs is 1. The fraction of sp³-hybridized carbons (Fsp3) is 0.571. The molecule has 2 heterocycles. The molecule has 18 heavy (non-hydrogen) atoms. The van der Waals surface area contributed by atoms with Crippen molar-refractivity contribution in [2.45, 2.75) is 19.5 Å². The SMILES string of the molecule is CC1C2CNCC2CN1Cc1ccc(Br)c(Cl)c1. The van der Waals surface area contributed by atoms with E-state index in [-0.39, 0.29) is 0 Å². The molecular formula is C14H18BrClN2. The molecule has 0 spiro atoms. The van der Waals surface area contributed by atoms with E-state index in [1.54, 1.807) is 0 Å². The molecule has 2 aliphatic heterocycles. The molecule has 2 fully saturated rings. The number of benzene rings is 1. The Labute approximate surface area is 122 Å². The van der Waals surface area contributed by atoms with Crippen LogP contribution in [0.15, 0.2) is 22.7 Å². The Morgan fingerprint density at radius 1 is 1.44 bits per heavy atom. The van der Waals surface area contributed by atoms with Crippen LogP contribution in [0.5, 0.6) is 0 Å². The van der Waals surface area contributed by atoms with Gasteiger partial charge in [0, 0.05) is 23.6 Å². The lowest BCUT2D eigenvalue weighted by atomic mass is 9.95. The Kier molecular flexibility index (Phi) is 3.68. The molecule has 0 radical (unpaired) electrons. The lowest BCUT2D eigenvalue weighted by Crippen LogP contribution is -2.32. The molecule has 0 amide bonds. The Morgan fingerprint density at radius 3 is 3.00 bits per heavy atom. The molecule has 1 N–H and O–H groups in total. The molecule has 3 atom stereocenters. The van der Waals surface area contributed by atoms with E-state index in [1.165, 1.54) is 25.2 Å². The third-order valence-corrected chi connectivity index (χ3v) is 5.66. The van der Waals surface area contributed by atoms with Crippen LogP contribution in [0.25, 0.3) is 0 Å². The summed E-state index contributed by atoms with van der Waals surface area (Å²) in [6.07, 6.45) is 0. The minimum Gasteiger partial charge on any atom is -0.316 e. The van der Waals surface area contributed by atoms with E-state index >= 15 is 0 Å². The van der Waals surface area contributed by atoms with Crippen molar-refractivity contribution in [2.24, 2.45) is 11.8 Å². The van der Waals surface area contributed by atoms with Gasteiger partial charge in [-0.3, -0.25) is 4.90 Å². The number of likely N-dealkylation sites (tertiary alicyclic amines) is 1. The van der Waals surface area contributed by atoms with Gasteiger partial charge in [0.2, 0.25) is 0 Å². The molecule has 0 aliphatic carbocycles. The highest BCUT2D eigenvalue weighted by Crippen LogP contribution is 2.33. The van der Waals surface area contributed by atoms with Crippen molar-refractivity contribution in [3.05, 3.63) is 33.3 Å². The highest BCUT2D eigenvalue weighted by Gasteiger charge is 2.41. The second-order valence-electron chi connectivity index (χ2n) is 5.50. The van der Waals surface area contributed by atoms with Crippen LogP contribution < -0.4 is 5.32 Å². The van der Waals surface area contributed by atoms with E-state index in [4.69, 9.17) is 11.6 Å². The van der Waals surface area contributed by atoms with Crippen molar-refractivity contribution >= 4 is 27.5 Å². The first-order valence-electron chi connectivity index (χ1n) is 6.54. The minimum absolute atomic E-state index is 0.674. The first-order valence-corrected chi connectivity index (χ1v) is 7.71. The first kappa shape index (κ1) is 12.9. The molecule has 3 rings (SSSR count). The van der Waals surface area contributed by atoms with Gasteiger partial charge in [0.25, 0.3) is 0 Å². The maximum absolute atomic E-state index is 6.16. The smallest absolute Gasteiger partial charge is 0.0551 e. The number of hydrogen-bond acceptors (Lipinski definition) is 2. The molecule has 4 heteroatoms. The quantitative estimate of drug-likeness (QED) is 0.897. The lowest BCUT2D eigenvalue weighted by Gasteiger charge is -2.24.